The fraction of sp³-hybridized carbons (Fsp3) is 0.889. The molecule has 0 aromatic rings. The molecule has 0 aromatic carbocycles. The predicted octanol–water partition coefficient (Wildman–Crippen LogP) is -0.374. The number of carbonyl (C=O) groups is 1. The van der Waals surface area contributed by atoms with Crippen LogP contribution in [0, 0.1) is 0 Å². The summed E-state index contributed by atoms with van der Waals surface area (Å²) in [5, 5.41) is 2.75. The van der Waals surface area contributed by atoms with Gasteiger partial charge in [-0.25, -0.2) is 0 Å². The first-order valence-corrected chi connectivity index (χ1v) is 5.02. The Hall–Kier alpha value is -0.0700. The maximum Gasteiger partial charge on any atom is 0.233 e. The molecule has 1 saturated heterocycles. The third-order valence-corrected chi connectivity index (χ3v) is 2.41. The second-order valence-electron chi connectivity index (χ2n) is 3.51. The monoisotopic (exact) mass is 273 g/mol. The maximum atomic E-state index is 10.9. The first-order valence-electron chi connectivity index (χ1n) is 5.02. The van der Waals surface area contributed by atoms with E-state index in [0.717, 1.165) is 26.3 Å². The largest absolute Gasteiger partial charge is 0.379 e. The van der Waals surface area contributed by atoms with Crippen molar-refractivity contribution in [2.45, 2.75) is 13.0 Å². The second-order valence-corrected chi connectivity index (χ2v) is 3.51. The first kappa shape index (κ1) is 18.3. The van der Waals surface area contributed by atoms with Gasteiger partial charge in [-0.2, -0.15) is 0 Å². The number of nitrogens with two attached hydrogens (primary N) is 1. The molecule has 1 aliphatic heterocycles. The van der Waals surface area contributed by atoms with Gasteiger partial charge < -0.3 is 15.8 Å². The zero-order valence-electron chi connectivity index (χ0n) is 9.48. The fourth-order valence-electron chi connectivity index (χ4n) is 1.50. The van der Waals surface area contributed by atoms with Gasteiger partial charge in [-0.05, 0) is 6.92 Å². The summed E-state index contributed by atoms with van der Waals surface area (Å²) in [5.41, 5.74) is 5.17. The smallest absolute Gasteiger partial charge is 0.233 e. The lowest BCUT2D eigenvalue weighted by Crippen LogP contribution is -2.47. The number of amides is 1. The molecule has 1 atom stereocenters. The van der Waals surface area contributed by atoms with E-state index in [9.17, 15) is 4.79 Å². The SMILES string of the molecule is CC1COCCN1CCNC(=O)CN.Cl.Cl. The van der Waals surface area contributed by atoms with Gasteiger partial charge >= 0.3 is 0 Å². The molecule has 16 heavy (non-hydrogen) atoms. The Morgan fingerprint density at radius 2 is 2.25 bits per heavy atom. The summed E-state index contributed by atoms with van der Waals surface area (Å²) in [6.07, 6.45) is 0. The number of rotatable bonds is 4. The summed E-state index contributed by atoms with van der Waals surface area (Å²) in [6, 6.07) is 0.443. The van der Waals surface area contributed by atoms with Gasteiger partial charge in [0.2, 0.25) is 5.91 Å². The van der Waals surface area contributed by atoms with Crippen LogP contribution in [-0.4, -0.2) is 56.2 Å². The Morgan fingerprint density at radius 1 is 1.56 bits per heavy atom. The van der Waals surface area contributed by atoms with Crippen LogP contribution in [0.5, 0.6) is 0 Å². The van der Waals surface area contributed by atoms with Crippen LogP contribution in [0.25, 0.3) is 0 Å². The summed E-state index contributed by atoms with van der Waals surface area (Å²) in [7, 11) is 0. The molecule has 0 radical (unpaired) electrons. The van der Waals surface area contributed by atoms with Gasteiger partial charge in [-0.3, -0.25) is 9.69 Å². The van der Waals surface area contributed by atoms with Gasteiger partial charge in [0, 0.05) is 25.7 Å². The van der Waals surface area contributed by atoms with Crippen LogP contribution in [0.15, 0.2) is 0 Å². The highest BCUT2D eigenvalue weighted by Gasteiger charge is 2.17. The van der Waals surface area contributed by atoms with Gasteiger partial charge in [-0.15, -0.1) is 24.8 Å². The molecule has 5 nitrogen and oxygen atoms in total. The molecule has 1 heterocycles. The van der Waals surface area contributed by atoms with Crippen LogP contribution < -0.4 is 11.1 Å². The number of morpholine rings is 1. The Morgan fingerprint density at radius 3 is 2.81 bits per heavy atom. The van der Waals surface area contributed by atoms with Crippen molar-refractivity contribution < 1.29 is 9.53 Å². The van der Waals surface area contributed by atoms with E-state index in [2.05, 4.69) is 17.1 Å². The molecular weight excluding hydrogens is 253 g/mol. The van der Waals surface area contributed by atoms with E-state index in [-0.39, 0.29) is 37.3 Å². The van der Waals surface area contributed by atoms with E-state index >= 15 is 0 Å². The van der Waals surface area contributed by atoms with Crippen molar-refractivity contribution in [3.63, 3.8) is 0 Å². The third kappa shape index (κ3) is 6.50. The van der Waals surface area contributed by atoms with Crippen LogP contribution >= 0.6 is 24.8 Å². The van der Waals surface area contributed by atoms with Crippen molar-refractivity contribution in [2.75, 3.05) is 39.4 Å². The lowest BCUT2D eigenvalue weighted by atomic mass is 10.2. The van der Waals surface area contributed by atoms with E-state index in [1.165, 1.54) is 0 Å². The summed E-state index contributed by atoms with van der Waals surface area (Å²) >= 11 is 0. The van der Waals surface area contributed by atoms with Crippen LogP contribution in [0.2, 0.25) is 0 Å². The Bertz CT molecular complexity index is 196. The summed E-state index contributed by atoms with van der Waals surface area (Å²) in [5.74, 6) is -0.0917. The third-order valence-electron chi connectivity index (χ3n) is 2.41. The lowest BCUT2D eigenvalue weighted by Gasteiger charge is -2.33. The Labute approximate surface area is 109 Å². The van der Waals surface area contributed by atoms with E-state index in [0.29, 0.717) is 12.6 Å². The minimum atomic E-state index is -0.0917. The average molecular weight is 274 g/mol. The molecule has 0 aliphatic carbocycles. The standard InChI is InChI=1S/C9H19N3O2.2ClH/c1-8-7-14-5-4-12(8)3-2-11-9(13)6-10;;/h8H,2-7,10H2,1H3,(H,11,13);2*1H. The summed E-state index contributed by atoms with van der Waals surface area (Å²) in [6.45, 7) is 6.25. The van der Waals surface area contributed by atoms with Crippen LogP contribution in [-0.2, 0) is 9.53 Å². The highest BCUT2D eigenvalue weighted by Crippen LogP contribution is 2.04. The Balaban J connectivity index is 0. The number of hydrogen-bond acceptors (Lipinski definition) is 4. The second kappa shape index (κ2) is 10.1. The predicted molar refractivity (Wildman–Crippen MR) is 68.4 cm³/mol. The number of carbonyl (C=O) groups excluding carboxylic acids is 1. The molecule has 1 amide bonds. The first-order chi connectivity index (χ1) is 6.74. The normalized spacial score (nSPS) is 20.5. The van der Waals surface area contributed by atoms with Crippen molar-refractivity contribution >= 4 is 30.7 Å². The summed E-state index contributed by atoms with van der Waals surface area (Å²) in [4.78, 5) is 13.2. The van der Waals surface area contributed by atoms with Gasteiger partial charge in [0.25, 0.3) is 0 Å². The fourth-order valence-corrected chi connectivity index (χ4v) is 1.50. The molecule has 0 spiro atoms. The minimum absolute atomic E-state index is 0. The molecule has 1 rings (SSSR count). The quantitative estimate of drug-likeness (QED) is 0.733. The zero-order chi connectivity index (χ0) is 10.4. The molecule has 7 heteroatoms. The van der Waals surface area contributed by atoms with Gasteiger partial charge in [-0.1, -0.05) is 0 Å². The molecular formula is C9H21Cl2N3O2. The molecule has 0 bridgehead atoms. The topological polar surface area (TPSA) is 67.6 Å². The van der Waals surface area contributed by atoms with Gasteiger partial charge in [0.05, 0.1) is 19.8 Å². The number of ether oxygens (including phenoxy) is 1. The number of halogens is 2. The van der Waals surface area contributed by atoms with Crippen molar-refractivity contribution in [2.24, 2.45) is 5.73 Å². The maximum absolute atomic E-state index is 10.9. The van der Waals surface area contributed by atoms with Crippen molar-refractivity contribution in [1.82, 2.24) is 10.2 Å². The van der Waals surface area contributed by atoms with Crippen LogP contribution in [0.3, 0.4) is 0 Å². The molecule has 1 unspecified atom stereocenters. The minimum Gasteiger partial charge on any atom is -0.379 e. The van der Waals surface area contributed by atoms with E-state index in [1.54, 1.807) is 0 Å². The number of hydrogen-bond donors (Lipinski definition) is 2. The molecule has 1 fully saturated rings. The molecule has 0 aromatic heterocycles. The zero-order valence-corrected chi connectivity index (χ0v) is 11.1. The molecule has 3 N–H and O–H groups in total. The lowest BCUT2D eigenvalue weighted by molar-refractivity contribution is -0.119. The highest BCUT2D eigenvalue weighted by molar-refractivity contribution is 5.85. The molecule has 98 valence electrons. The van der Waals surface area contributed by atoms with Crippen molar-refractivity contribution in [3.8, 4) is 0 Å². The number of nitrogens with zero attached hydrogens (tertiary/aromatic N) is 1. The van der Waals surface area contributed by atoms with Gasteiger partial charge in [0.15, 0.2) is 0 Å². The highest BCUT2D eigenvalue weighted by atomic mass is 35.5. The molecule has 1 aliphatic rings. The summed E-state index contributed by atoms with van der Waals surface area (Å²) < 4.78 is 5.31. The number of nitrogens with one attached hydrogen (secondary N) is 1. The molecule has 0 saturated carbocycles. The van der Waals surface area contributed by atoms with Crippen molar-refractivity contribution in [3.05, 3.63) is 0 Å². The van der Waals surface area contributed by atoms with Crippen LogP contribution in [0.1, 0.15) is 6.92 Å². The van der Waals surface area contributed by atoms with Crippen molar-refractivity contribution in [1.29, 1.82) is 0 Å². The van der Waals surface area contributed by atoms with E-state index in [1.807, 2.05) is 0 Å². The van der Waals surface area contributed by atoms with Crippen LogP contribution in [0.4, 0.5) is 0 Å². The van der Waals surface area contributed by atoms with E-state index < -0.39 is 0 Å². The van der Waals surface area contributed by atoms with Gasteiger partial charge in [0.1, 0.15) is 0 Å². The van der Waals surface area contributed by atoms with E-state index in [4.69, 9.17) is 10.5 Å². The average Bonchev–Trinajstić information content (AvgIpc) is 2.20. The Kier molecular flexibility index (Phi) is 11.6.